The number of benzene rings is 2. The lowest BCUT2D eigenvalue weighted by molar-refractivity contribution is 0.287. The van der Waals surface area contributed by atoms with Gasteiger partial charge in [0, 0.05) is 11.9 Å². The largest absolute Gasteiger partial charge is 0.489 e. The molecule has 0 spiro atoms. The van der Waals surface area contributed by atoms with E-state index >= 15 is 0 Å². The summed E-state index contributed by atoms with van der Waals surface area (Å²) in [6, 6.07) is 14.6. The molecule has 0 atom stereocenters. The molecule has 1 N–H and O–H groups in total. The molecule has 0 saturated carbocycles. The second kappa shape index (κ2) is 5.88. The van der Waals surface area contributed by atoms with Crippen LogP contribution in [0, 0.1) is 5.82 Å². The van der Waals surface area contributed by atoms with Crippen LogP contribution in [-0.4, -0.2) is 11.6 Å². The Morgan fingerprint density at radius 2 is 1.91 bits per heavy atom. The van der Waals surface area contributed by atoms with Gasteiger partial charge in [0.15, 0.2) is 5.75 Å². The monoisotopic (exact) mass is 308 g/mol. The van der Waals surface area contributed by atoms with Crippen molar-refractivity contribution in [2.45, 2.75) is 19.4 Å². The zero-order valence-electron chi connectivity index (χ0n) is 12.7. The molecule has 1 aliphatic rings. The van der Waals surface area contributed by atoms with E-state index < -0.39 is 0 Å². The predicted octanol–water partition coefficient (Wildman–Crippen LogP) is 4.31. The SMILES string of the molecule is Fc1ccc(CNc2c3c(nc4ccccc24)CCCO3)cc1. The van der Waals surface area contributed by atoms with E-state index in [1.54, 1.807) is 12.1 Å². The molecule has 0 radical (unpaired) electrons. The Balaban J connectivity index is 1.73. The van der Waals surface area contributed by atoms with Gasteiger partial charge in [-0.25, -0.2) is 9.37 Å². The molecular formula is C19H17FN2O. The molecule has 23 heavy (non-hydrogen) atoms. The highest BCUT2D eigenvalue weighted by atomic mass is 19.1. The molecule has 1 aromatic heterocycles. The van der Waals surface area contributed by atoms with Crippen LogP contribution in [0.4, 0.5) is 10.1 Å². The third-order valence-corrected chi connectivity index (χ3v) is 4.10. The summed E-state index contributed by atoms with van der Waals surface area (Å²) in [5.74, 6) is 0.640. The average Bonchev–Trinajstić information content (AvgIpc) is 2.60. The first-order chi connectivity index (χ1) is 11.3. The molecule has 3 aromatic rings. The standard InChI is InChI=1S/C19H17FN2O/c20-14-9-7-13(8-10-14)12-21-18-15-4-1-2-5-16(15)22-17-6-3-11-23-19(17)18/h1-2,4-5,7-10H,3,6,11-12H2,(H,21,22). The van der Waals surface area contributed by atoms with Gasteiger partial charge in [0.1, 0.15) is 5.82 Å². The fourth-order valence-electron chi connectivity index (χ4n) is 2.95. The molecule has 116 valence electrons. The minimum atomic E-state index is -0.219. The van der Waals surface area contributed by atoms with Gasteiger partial charge >= 0.3 is 0 Å². The second-order valence-electron chi connectivity index (χ2n) is 5.71. The molecule has 2 heterocycles. The normalized spacial score (nSPS) is 13.4. The van der Waals surface area contributed by atoms with E-state index in [1.165, 1.54) is 12.1 Å². The molecule has 4 heteroatoms. The number of fused-ring (bicyclic) bond motifs is 2. The van der Waals surface area contributed by atoms with Gasteiger partial charge in [0.05, 0.1) is 23.5 Å². The lowest BCUT2D eigenvalue weighted by Gasteiger charge is -2.22. The number of nitrogens with one attached hydrogen (secondary N) is 1. The number of aromatic nitrogens is 1. The van der Waals surface area contributed by atoms with Crippen molar-refractivity contribution in [2.24, 2.45) is 0 Å². The highest BCUT2D eigenvalue weighted by Gasteiger charge is 2.19. The van der Waals surface area contributed by atoms with Gasteiger partial charge < -0.3 is 10.1 Å². The minimum Gasteiger partial charge on any atom is -0.489 e. The van der Waals surface area contributed by atoms with E-state index in [9.17, 15) is 4.39 Å². The maximum absolute atomic E-state index is 13.0. The average molecular weight is 308 g/mol. The van der Waals surface area contributed by atoms with Crippen LogP contribution in [-0.2, 0) is 13.0 Å². The van der Waals surface area contributed by atoms with Crippen LogP contribution in [0.15, 0.2) is 48.5 Å². The van der Waals surface area contributed by atoms with Crippen LogP contribution in [0.2, 0.25) is 0 Å². The fraction of sp³-hybridized carbons (Fsp3) is 0.211. The third kappa shape index (κ3) is 2.72. The summed E-state index contributed by atoms with van der Waals surface area (Å²) in [5, 5.41) is 4.52. The number of nitrogens with zero attached hydrogens (tertiary/aromatic N) is 1. The fourth-order valence-corrected chi connectivity index (χ4v) is 2.95. The summed E-state index contributed by atoms with van der Waals surface area (Å²) in [4.78, 5) is 4.73. The first-order valence-electron chi connectivity index (χ1n) is 7.84. The summed E-state index contributed by atoms with van der Waals surface area (Å²) in [6.07, 6.45) is 1.93. The van der Waals surface area contributed by atoms with Crippen molar-refractivity contribution in [3.05, 3.63) is 65.6 Å². The van der Waals surface area contributed by atoms with Gasteiger partial charge in [0.25, 0.3) is 0 Å². The van der Waals surface area contributed by atoms with Crippen molar-refractivity contribution in [3.63, 3.8) is 0 Å². The number of ether oxygens (including phenoxy) is 1. The van der Waals surface area contributed by atoms with Crippen molar-refractivity contribution >= 4 is 16.6 Å². The van der Waals surface area contributed by atoms with E-state index in [0.717, 1.165) is 53.0 Å². The van der Waals surface area contributed by atoms with Gasteiger partial charge in [-0.15, -0.1) is 0 Å². The van der Waals surface area contributed by atoms with E-state index in [-0.39, 0.29) is 5.82 Å². The first-order valence-corrected chi connectivity index (χ1v) is 7.84. The van der Waals surface area contributed by atoms with Crippen molar-refractivity contribution in [1.82, 2.24) is 4.98 Å². The van der Waals surface area contributed by atoms with Crippen molar-refractivity contribution in [1.29, 1.82) is 0 Å². The molecule has 0 fully saturated rings. The highest BCUT2D eigenvalue weighted by Crippen LogP contribution is 2.37. The van der Waals surface area contributed by atoms with Gasteiger partial charge in [-0.1, -0.05) is 30.3 Å². The van der Waals surface area contributed by atoms with Crippen LogP contribution < -0.4 is 10.1 Å². The smallest absolute Gasteiger partial charge is 0.164 e. The van der Waals surface area contributed by atoms with Crippen molar-refractivity contribution in [2.75, 3.05) is 11.9 Å². The molecule has 4 rings (SSSR count). The Bertz CT molecular complexity index is 846. The Hall–Kier alpha value is -2.62. The van der Waals surface area contributed by atoms with Gasteiger partial charge in [-0.2, -0.15) is 0 Å². The Morgan fingerprint density at radius 1 is 1.09 bits per heavy atom. The number of para-hydroxylation sites is 1. The molecule has 0 aliphatic carbocycles. The van der Waals surface area contributed by atoms with E-state index in [4.69, 9.17) is 9.72 Å². The predicted molar refractivity (Wildman–Crippen MR) is 89.3 cm³/mol. The maximum Gasteiger partial charge on any atom is 0.164 e. The molecule has 0 amide bonds. The maximum atomic E-state index is 13.0. The van der Waals surface area contributed by atoms with Crippen LogP contribution in [0.3, 0.4) is 0 Å². The molecule has 1 aliphatic heterocycles. The molecule has 2 aromatic carbocycles. The topological polar surface area (TPSA) is 34.2 Å². The minimum absolute atomic E-state index is 0.219. The van der Waals surface area contributed by atoms with Gasteiger partial charge in [0.2, 0.25) is 0 Å². The summed E-state index contributed by atoms with van der Waals surface area (Å²) in [6.45, 7) is 1.34. The van der Waals surface area contributed by atoms with Crippen LogP contribution in [0.5, 0.6) is 5.75 Å². The summed E-state index contributed by atoms with van der Waals surface area (Å²) in [7, 11) is 0. The molecule has 0 unspecified atom stereocenters. The lowest BCUT2D eigenvalue weighted by Crippen LogP contribution is -2.13. The number of hydrogen-bond donors (Lipinski definition) is 1. The van der Waals surface area contributed by atoms with Crippen LogP contribution in [0.1, 0.15) is 17.7 Å². The summed E-state index contributed by atoms with van der Waals surface area (Å²) in [5.41, 5.74) is 3.99. The number of hydrogen-bond acceptors (Lipinski definition) is 3. The first kappa shape index (κ1) is 14.0. The van der Waals surface area contributed by atoms with E-state index in [0.29, 0.717) is 6.54 Å². The van der Waals surface area contributed by atoms with Crippen LogP contribution >= 0.6 is 0 Å². The zero-order chi connectivity index (χ0) is 15.6. The summed E-state index contributed by atoms with van der Waals surface area (Å²) >= 11 is 0. The highest BCUT2D eigenvalue weighted by molar-refractivity contribution is 5.95. The molecule has 3 nitrogen and oxygen atoms in total. The Kier molecular flexibility index (Phi) is 3.58. The zero-order valence-corrected chi connectivity index (χ0v) is 12.7. The van der Waals surface area contributed by atoms with Crippen molar-refractivity contribution < 1.29 is 9.13 Å². The van der Waals surface area contributed by atoms with Crippen molar-refractivity contribution in [3.8, 4) is 5.75 Å². The number of anilines is 1. The molecule has 0 bridgehead atoms. The number of rotatable bonds is 3. The second-order valence-corrected chi connectivity index (χ2v) is 5.71. The van der Waals surface area contributed by atoms with Crippen LogP contribution in [0.25, 0.3) is 10.9 Å². The number of pyridine rings is 1. The molecule has 0 saturated heterocycles. The van der Waals surface area contributed by atoms with Gasteiger partial charge in [-0.3, -0.25) is 0 Å². The summed E-state index contributed by atoms with van der Waals surface area (Å²) < 4.78 is 18.9. The van der Waals surface area contributed by atoms with E-state index in [2.05, 4.69) is 5.32 Å². The third-order valence-electron chi connectivity index (χ3n) is 4.10. The molecular weight excluding hydrogens is 291 g/mol. The van der Waals surface area contributed by atoms with Gasteiger partial charge in [-0.05, 0) is 36.6 Å². The quantitative estimate of drug-likeness (QED) is 0.783. The Morgan fingerprint density at radius 3 is 2.78 bits per heavy atom. The number of halogens is 1. The van der Waals surface area contributed by atoms with E-state index in [1.807, 2.05) is 24.3 Å². The Labute approximate surface area is 134 Å². The lowest BCUT2D eigenvalue weighted by atomic mass is 10.1. The number of aryl methyl sites for hydroxylation is 1.